The van der Waals surface area contributed by atoms with E-state index < -0.39 is 0 Å². The van der Waals surface area contributed by atoms with Gasteiger partial charge in [0, 0.05) is 10.5 Å². The maximum absolute atomic E-state index is 12.0. The number of carbonyl (C=O) groups excluding carboxylic acids is 1. The number of hydrogen-bond donors (Lipinski definition) is 0. The maximum atomic E-state index is 12.0. The maximum Gasteiger partial charge on any atom is 0.173 e. The minimum atomic E-state index is 0.111. The second kappa shape index (κ2) is 6.47. The van der Waals surface area contributed by atoms with Gasteiger partial charge in [-0.1, -0.05) is 47.0 Å². The highest BCUT2D eigenvalue weighted by atomic mass is 35.5. The van der Waals surface area contributed by atoms with Crippen LogP contribution in [0, 0.1) is 6.92 Å². The highest BCUT2D eigenvalue weighted by Crippen LogP contribution is 2.28. The molecule has 0 radical (unpaired) electrons. The molecule has 2 aromatic rings. The first-order chi connectivity index (χ1) is 9.06. The van der Waals surface area contributed by atoms with Crippen molar-refractivity contribution < 1.29 is 4.79 Å². The van der Waals surface area contributed by atoms with Crippen LogP contribution in [0.2, 0.25) is 10.0 Å². The molecule has 1 nitrogen and oxygen atoms in total. The molecule has 0 heterocycles. The van der Waals surface area contributed by atoms with E-state index in [-0.39, 0.29) is 5.78 Å². The minimum Gasteiger partial charge on any atom is -0.293 e. The smallest absolute Gasteiger partial charge is 0.173 e. The summed E-state index contributed by atoms with van der Waals surface area (Å²) in [5.41, 5.74) is 1.83. The molecule has 0 N–H and O–H groups in total. The number of thioether (sulfide) groups is 1. The average Bonchev–Trinajstić information content (AvgIpc) is 2.40. The van der Waals surface area contributed by atoms with Crippen LogP contribution in [-0.4, -0.2) is 11.5 Å². The Kier molecular flexibility index (Phi) is 4.92. The topological polar surface area (TPSA) is 17.1 Å². The number of Topliss-reactive ketones (excluding diaryl/α,β-unsaturated/α-hetero) is 1. The molecule has 2 rings (SSSR count). The second-order valence-electron chi connectivity index (χ2n) is 4.16. The van der Waals surface area contributed by atoms with Crippen LogP contribution in [0.15, 0.2) is 47.4 Å². The van der Waals surface area contributed by atoms with Gasteiger partial charge in [0.25, 0.3) is 0 Å². The molecule has 0 spiro atoms. The van der Waals surface area contributed by atoms with Crippen molar-refractivity contribution in [1.29, 1.82) is 0 Å². The molecular formula is C15H12Cl2OS. The first-order valence-corrected chi connectivity index (χ1v) is 7.48. The quantitative estimate of drug-likeness (QED) is 0.564. The minimum absolute atomic E-state index is 0.111. The standard InChI is InChI=1S/C15H12Cl2OS/c1-10-3-2-4-11(7-10)15(18)9-19-12-5-6-13(16)14(17)8-12/h2-8H,9H2,1H3. The van der Waals surface area contributed by atoms with Crippen LogP contribution in [0.3, 0.4) is 0 Å². The Morgan fingerprint density at radius 3 is 2.58 bits per heavy atom. The lowest BCUT2D eigenvalue weighted by molar-refractivity contribution is 0.102. The summed E-state index contributed by atoms with van der Waals surface area (Å²) in [5, 5.41) is 1.03. The van der Waals surface area contributed by atoms with Crippen molar-refractivity contribution in [3.8, 4) is 0 Å². The fraction of sp³-hybridized carbons (Fsp3) is 0.133. The summed E-state index contributed by atoms with van der Waals surface area (Å²) in [6.07, 6.45) is 0. The summed E-state index contributed by atoms with van der Waals surface area (Å²) in [6.45, 7) is 1.98. The number of hydrogen-bond acceptors (Lipinski definition) is 2. The first kappa shape index (κ1) is 14.4. The lowest BCUT2D eigenvalue weighted by Crippen LogP contribution is -2.02. The van der Waals surface area contributed by atoms with E-state index in [0.717, 1.165) is 16.0 Å². The monoisotopic (exact) mass is 310 g/mol. The molecule has 0 aliphatic heterocycles. The van der Waals surface area contributed by atoms with E-state index >= 15 is 0 Å². The molecule has 0 aliphatic carbocycles. The van der Waals surface area contributed by atoms with Crippen molar-refractivity contribution in [2.45, 2.75) is 11.8 Å². The van der Waals surface area contributed by atoms with E-state index in [9.17, 15) is 4.79 Å². The van der Waals surface area contributed by atoms with E-state index in [1.807, 2.05) is 37.3 Å². The van der Waals surface area contributed by atoms with Gasteiger partial charge in [0.15, 0.2) is 5.78 Å². The Labute approximate surface area is 126 Å². The Morgan fingerprint density at radius 1 is 1.11 bits per heavy atom. The highest BCUT2D eigenvalue weighted by Gasteiger charge is 2.07. The van der Waals surface area contributed by atoms with Crippen LogP contribution in [0.25, 0.3) is 0 Å². The van der Waals surface area contributed by atoms with Gasteiger partial charge in [-0.3, -0.25) is 4.79 Å². The average molecular weight is 311 g/mol. The van der Waals surface area contributed by atoms with Crippen molar-refractivity contribution in [3.05, 3.63) is 63.6 Å². The summed E-state index contributed by atoms with van der Waals surface area (Å²) in [7, 11) is 0. The third-order valence-electron chi connectivity index (χ3n) is 2.60. The fourth-order valence-electron chi connectivity index (χ4n) is 1.62. The summed E-state index contributed by atoms with van der Waals surface area (Å²) < 4.78 is 0. The number of aryl methyl sites for hydroxylation is 1. The molecule has 0 bridgehead atoms. The van der Waals surface area contributed by atoms with Crippen molar-refractivity contribution in [2.75, 3.05) is 5.75 Å². The zero-order valence-corrected chi connectivity index (χ0v) is 12.6. The molecule has 0 aliphatic rings. The van der Waals surface area contributed by atoms with Crippen molar-refractivity contribution in [3.63, 3.8) is 0 Å². The molecule has 0 unspecified atom stereocenters. The van der Waals surface area contributed by atoms with Crippen LogP contribution < -0.4 is 0 Å². The van der Waals surface area contributed by atoms with Gasteiger partial charge in [-0.05, 0) is 31.2 Å². The van der Waals surface area contributed by atoms with Gasteiger partial charge in [-0.15, -0.1) is 11.8 Å². The molecule has 0 amide bonds. The van der Waals surface area contributed by atoms with Gasteiger partial charge < -0.3 is 0 Å². The van der Waals surface area contributed by atoms with Crippen molar-refractivity contribution in [1.82, 2.24) is 0 Å². The van der Waals surface area contributed by atoms with E-state index in [1.165, 1.54) is 11.8 Å². The molecule has 4 heteroatoms. The molecule has 0 fully saturated rings. The van der Waals surface area contributed by atoms with Crippen LogP contribution in [0.4, 0.5) is 0 Å². The Balaban J connectivity index is 2.02. The SMILES string of the molecule is Cc1cccc(C(=O)CSc2ccc(Cl)c(Cl)c2)c1. The predicted molar refractivity (Wildman–Crippen MR) is 82.7 cm³/mol. The van der Waals surface area contributed by atoms with Gasteiger partial charge in [-0.2, -0.15) is 0 Å². The normalized spacial score (nSPS) is 10.5. The van der Waals surface area contributed by atoms with E-state index in [0.29, 0.717) is 15.8 Å². The van der Waals surface area contributed by atoms with Gasteiger partial charge in [0.1, 0.15) is 0 Å². The summed E-state index contributed by atoms with van der Waals surface area (Å²) >= 11 is 13.2. The van der Waals surface area contributed by atoms with Crippen molar-refractivity contribution in [2.24, 2.45) is 0 Å². The van der Waals surface area contributed by atoms with Crippen molar-refractivity contribution >= 4 is 40.7 Å². The Bertz CT molecular complexity index is 611. The molecule has 2 aromatic carbocycles. The molecule has 0 atom stereocenters. The molecular weight excluding hydrogens is 299 g/mol. The van der Waals surface area contributed by atoms with E-state index in [4.69, 9.17) is 23.2 Å². The number of benzene rings is 2. The molecule has 0 saturated carbocycles. The van der Waals surface area contributed by atoms with Crippen LogP contribution in [0.1, 0.15) is 15.9 Å². The van der Waals surface area contributed by atoms with Gasteiger partial charge >= 0.3 is 0 Å². The Morgan fingerprint density at radius 2 is 1.89 bits per heavy atom. The highest BCUT2D eigenvalue weighted by molar-refractivity contribution is 8.00. The summed E-state index contributed by atoms with van der Waals surface area (Å²) in [6, 6.07) is 13.0. The predicted octanol–water partition coefficient (Wildman–Crippen LogP) is 5.28. The third kappa shape index (κ3) is 4.00. The van der Waals surface area contributed by atoms with E-state index in [2.05, 4.69) is 0 Å². The number of halogens is 2. The van der Waals surface area contributed by atoms with Gasteiger partial charge in [0.2, 0.25) is 0 Å². The zero-order valence-electron chi connectivity index (χ0n) is 10.3. The number of ketones is 1. The fourth-order valence-corrected chi connectivity index (χ4v) is 2.81. The van der Waals surface area contributed by atoms with Crippen LogP contribution in [0.5, 0.6) is 0 Å². The Hall–Kier alpha value is -0.960. The lowest BCUT2D eigenvalue weighted by atomic mass is 10.1. The van der Waals surface area contributed by atoms with Gasteiger partial charge in [-0.25, -0.2) is 0 Å². The zero-order chi connectivity index (χ0) is 13.8. The summed E-state index contributed by atoms with van der Waals surface area (Å²) in [4.78, 5) is 13.0. The molecule has 0 saturated heterocycles. The molecule has 98 valence electrons. The molecule has 19 heavy (non-hydrogen) atoms. The second-order valence-corrected chi connectivity index (χ2v) is 6.02. The van der Waals surface area contributed by atoms with Crippen LogP contribution in [-0.2, 0) is 0 Å². The largest absolute Gasteiger partial charge is 0.293 e. The molecule has 0 aromatic heterocycles. The lowest BCUT2D eigenvalue weighted by Gasteiger charge is -2.04. The van der Waals surface area contributed by atoms with Crippen LogP contribution >= 0.6 is 35.0 Å². The number of rotatable bonds is 4. The van der Waals surface area contributed by atoms with Gasteiger partial charge in [0.05, 0.1) is 15.8 Å². The third-order valence-corrected chi connectivity index (χ3v) is 4.33. The first-order valence-electron chi connectivity index (χ1n) is 5.74. The summed E-state index contributed by atoms with van der Waals surface area (Å²) in [5.74, 6) is 0.501. The van der Waals surface area contributed by atoms with E-state index in [1.54, 1.807) is 12.1 Å². The number of carbonyl (C=O) groups is 1.